The van der Waals surface area contributed by atoms with Gasteiger partial charge in [0.05, 0.1) is 19.8 Å². The third kappa shape index (κ3) is 1.59. The molecule has 2 fully saturated rings. The van der Waals surface area contributed by atoms with Crippen LogP contribution in [0.25, 0.3) is 0 Å². The van der Waals surface area contributed by atoms with Gasteiger partial charge in [0, 0.05) is 11.5 Å². The molecule has 0 spiro atoms. The molecule has 108 valence electrons. The number of fused-ring (bicyclic) bond motifs is 1. The highest BCUT2D eigenvalue weighted by molar-refractivity contribution is 5.46. The first-order valence-electron chi connectivity index (χ1n) is 7.31. The lowest BCUT2D eigenvalue weighted by atomic mass is 9.62. The van der Waals surface area contributed by atoms with E-state index in [4.69, 9.17) is 14.2 Å². The monoisotopic (exact) mass is 275 g/mol. The van der Waals surface area contributed by atoms with Gasteiger partial charge in [0.2, 0.25) is 0 Å². The first-order valence-corrected chi connectivity index (χ1v) is 7.31. The lowest BCUT2D eigenvalue weighted by Crippen LogP contribution is -2.66. The third-order valence-electron chi connectivity index (χ3n) is 5.34. The van der Waals surface area contributed by atoms with Crippen molar-refractivity contribution >= 4 is 0 Å². The second-order valence-electron chi connectivity index (χ2n) is 6.23. The second kappa shape index (κ2) is 4.45. The molecule has 0 saturated carbocycles. The zero-order valence-corrected chi connectivity index (χ0v) is 12.1. The molecule has 3 atom stereocenters. The summed E-state index contributed by atoms with van der Waals surface area (Å²) >= 11 is 0. The average molecular weight is 275 g/mol. The number of rotatable bonds is 1. The van der Waals surface area contributed by atoms with Crippen molar-refractivity contribution in [3.8, 4) is 5.75 Å². The Hall–Kier alpha value is -1.10. The van der Waals surface area contributed by atoms with Crippen molar-refractivity contribution in [1.29, 1.82) is 0 Å². The maximum absolute atomic E-state index is 6.04. The molecular formula is C16H21NO3. The van der Waals surface area contributed by atoms with Gasteiger partial charge in [-0.3, -0.25) is 0 Å². The van der Waals surface area contributed by atoms with E-state index in [0.29, 0.717) is 12.8 Å². The number of nitrogens with zero attached hydrogens (tertiary/aromatic N) is 1. The van der Waals surface area contributed by atoms with Crippen LogP contribution in [-0.2, 0) is 21.3 Å². The van der Waals surface area contributed by atoms with Gasteiger partial charge in [0.1, 0.15) is 12.5 Å². The zero-order valence-electron chi connectivity index (χ0n) is 12.1. The van der Waals surface area contributed by atoms with Crippen LogP contribution in [0.1, 0.15) is 17.5 Å². The van der Waals surface area contributed by atoms with E-state index in [1.54, 1.807) is 7.11 Å². The summed E-state index contributed by atoms with van der Waals surface area (Å²) in [5.41, 5.74) is 2.82. The largest absolute Gasteiger partial charge is 0.497 e. The highest BCUT2D eigenvalue weighted by Gasteiger charge is 2.55. The van der Waals surface area contributed by atoms with Gasteiger partial charge in [-0.2, -0.15) is 0 Å². The lowest BCUT2D eigenvalue weighted by molar-refractivity contribution is -0.220. The minimum atomic E-state index is 0.0115. The van der Waals surface area contributed by atoms with Gasteiger partial charge in [-0.15, -0.1) is 0 Å². The Morgan fingerprint density at radius 3 is 3.15 bits per heavy atom. The number of ether oxygens (including phenoxy) is 3. The van der Waals surface area contributed by atoms with Crippen molar-refractivity contribution in [3.05, 3.63) is 29.3 Å². The summed E-state index contributed by atoms with van der Waals surface area (Å²) in [6.45, 7) is 2.29. The highest BCUT2D eigenvalue weighted by Crippen LogP contribution is 2.48. The molecule has 4 rings (SSSR count). The van der Waals surface area contributed by atoms with Crippen LogP contribution in [0.4, 0.5) is 0 Å². The third-order valence-corrected chi connectivity index (χ3v) is 5.34. The van der Waals surface area contributed by atoms with Gasteiger partial charge in [-0.25, -0.2) is 0 Å². The van der Waals surface area contributed by atoms with E-state index >= 15 is 0 Å². The Bertz CT molecular complexity index is 532. The maximum Gasteiger partial charge on any atom is 0.147 e. The fraction of sp³-hybridized carbons (Fsp3) is 0.625. The summed E-state index contributed by atoms with van der Waals surface area (Å²) in [6, 6.07) is 6.94. The number of likely N-dealkylation sites (tertiary alicyclic amines) is 1. The first kappa shape index (κ1) is 12.6. The molecule has 0 unspecified atom stereocenters. The van der Waals surface area contributed by atoms with Gasteiger partial charge in [0.25, 0.3) is 0 Å². The standard InChI is InChI=1S/C16H21NO3/c1-17-6-5-16-9-19-10-20-15(16)14(17)7-11-3-4-12(18-2)8-13(11)16/h3-4,8,14-15H,5-7,9-10H2,1-2H3/t14-,15+,16-/m1/s1. The van der Waals surface area contributed by atoms with Gasteiger partial charge < -0.3 is 19.1 Å². The Kier molecular flexibility index (Phi) is 2.81. The molecule has 2 saturated heterocycles. The van der Waals surface area contributed by atoms with E-state index in [1.165, 1.54) is 11.1 Å². The number of hydrogen-bond acceptors (Lipinski definition) is 4. The molecule has 20 heavy (non-hydrogen) atoms. The first-order chi connectivity index (χ1) is 9.74. The molecule has 2 aliphatic heterocycles. The van der Waals surface area contributed by atoms with Crippen molar-refractivity contribution in [2.75, 3.05) is 34.1 Å². The molecule has 1 aliphatic carbocycles. The molecule has 0 aromatic heterocycles. The van der Waals surface area contributed by atoms with Crippen LogP contribution in [0, 0.1) is 0 Å². The van der Waals surface area contributed by atoms with E-state index in [2.05, 4.69) is 30.1 Å². The van der Waals surface area contributed by atoms with Crippen molar-refractivity contribution < 1.29 is 14.2 Å². The number of methoxy groups -OCH3 is 1. The quantitative estimate of drug-likeness (QED) is 0.778. The molecule has 0 amide bonds. The van der Waals surface area contributed by atoms with Gasteiger partial charge in [-0.05, 0) is 49.7 Å². The molecule has 3 aliphatic rings. The molecule has 1 aromatic rings. The lowest BCUT2D eigenvalue weighted by Gasteiger charge is -2.57. The fourth-order valence-corrected chi connectivity index (χ4v) is 4.23. The molecular weight excluding hydrogens is 254 g/mol. The topological polar surface area (TPSA) is 30.9 Å². The minimum Gasteiger partial charge on any atom is -0.497 e. The number of hydrogen-bond donors (Lipinski definition) is 0. The van der Waals surface area contributed by atoms with E-state index in [9.17, 15) is 0 Å². The Morgan fingerprint density at radius 2 is 2.30 bits per heavy atom. The van der Waals surface area contributed by atoms with Gasteiger partial charge in [0.15, 0.2) is 0 Å². The maximum atomic E-state index is 6.04. The summed E-state index contributed by atoms with van der Waals surface area (Å²) in [5.74, 6) is 0.930. The molecule has 4 nitrogen and oxygen atoms in total. The van der Waals surface area contributed by atoms with Crippen LogP contribution in [0.5, 0.6) is 5.75 Å². The summed E-state index contributed by atoms with van der Waals surface area (Å²) in [7, 11) is 3.94. The van der Waals surface area contributed by atoms with Gasteiger partial charge in [-0.1, -0.05) is 6.07 Å². The molecule has 2 heterocycles. The highest BCUT2D eigenvalue weighted by atomic mass is 16.7. The number of benzene rings is 1. The fourth-order valence-electron chi connectivity index (χ4n) is 4.23. The van der Waals surface area contributed by atoms with Crippen LogP contribution >= 0.6 is 0 Å². The second-order valence-corrected chi connectivity index (χ2v) is 6.23. The smallest absolute Gasteiger partial charge is 0.147 e. The molecule has 2 bridgehead atoms. The molecule has 0 N–H and O–H groups in total. The van der Waals surface area contributed by atoms with E-state index in [0.717, 1.165) is 31.7 Å². The Balaban J connectivity index is 1.88. The van der Waals surface area contributed by atoms with E-state index in [1.807, 2.05) is 0 Å². The van der Waals surface area contributed by atoms with Crippen LogP contribution < -0.4 is 4.74 Å². The number of likely N-dealkylation sites (N-methyl/N-ethyl adjacent to an activating group) is 1. The van der Waals surface area contributed by atoms with E-state index in [-0.39, 0.29) is 11.5 Å². The predicted molar refractivity (Wildman–Crippen MR) is 75.1 cm³/mol. The average Bonchev–Trinajstić information content (AvgIpc) is 2.50. The molecule has 0 radical (unpaired) electrons. The predicted octanol–water partition coefficient (Wildman–Crippen LogP) is 1.57. The van der Waals surface area contributed by atoms with E-state index < -0.39 is 0 Å². The van der Waals surface area contributed by atoms with Gasteiger partial charge >= 0.3 is 0 Å². The molecule has 4 heteroatoms. The summed E-state index contributed by atoms with van der Waals surface area (Å²) < 4.78 is 17.2. The minimum absolute atomic E-state index is 0.0115. The molecule has 1 aromatic carbocycles. The Labute approximate surface area is 119 Å². The van der Waals surface area contributed by atoms with Crippen molar-refractivity contribution in [3.63, 3.8) is 0 Å². The normalized spacial score (nSPS) is 36.1. The van der Waals surface area contributed by atoms with Crippen LogP contribution in [-0.4, -0.2) is 51.1 Å². The summed E-state index contributed by atoms with van der Waals surface area (Å²) in [4.78, 5) is 2.45. The summed E-state index contributed by atoms with van der Waals surface area (Å²) in [5, 5.41) is 0. The zero-order chi connectivity index (χ0) is 13.7. The van der Waals surface area contributed by atoms with Crippen molar-refractivity contribution in [1.82, 2.24) is 4.90 Å². The van der Waals surface area contributed by atoms with Crippen molar-refractivity contribution in [2.24, 2.45) is 0 Å². The SMILES string of the molecule is COc1ccc2c(c1)[C@]13CCN(C)[C@H](C2)[C@@H]1OCOC3. The van der Waals surface area contributed by atoms with Crippen LogP contribution in [0.2, 0.25) is 0 Å². The Morgan fingerprint density at radius 1 is 1.40 bits per heavy atom. The van der Waals surface area contributed by atoms with Crippen LogP contribution in [0.3, 0.4) is 0 Å². The number of piperidine rings is 1. The van der Waals surface area contributed by atoms with Crippen molar-refractivity contribution in [2.45, 2.75) is 30.4 Å². The summed E-state index contributed by atoms with van der Waals surface area (Å²) in [6.07, 6.45) is 2.39. The van der Waals surface area contributed by atoms with Crippen LogP contribution in [0.15, 0.2) is 18.2 Å².